The van der Waals surface area contributed by atoms with E-state index in [4.69, 9.17) is 5.11 Å². The van der Waals surface area contributed by atoms with Crippen molar-refractivity contribution < 1.29 is 14.7 Å². The molecule has 1 saturated heterocycles. The highest BCUT2D eigenvalue weighted by molar-refractivity contribution is 5.99. The second kappa shape index (κ2) is 6.61. The number of amides is 1. The molecule has 5 nitrogen and oxygen atoms in total. The Morgan fingerprint density at radius 2 is 2.05 bits per heavy atom. The van der Waals surface area contributed by atoms with Crippen molar-refractivity contribution in [2.24, 2.45) is 5.92 Å². The molecule has 0 saturated carbocycles. The summed E-state index contributed by atoms with van der Waals surface area (Å²) < 4.78 is 0. The number of carboxylic acid groups (broad SMARTS) is 1. The molecule has 0 spiro atoms. The summed E-state index contributed by atoms with van der Waals surface area (Å²) >= 11 is 0. The van der Waals surface area contributed by atoms with Gasteiger partial charge in [0.05, 0.1) is 11.5 Å². The van der Waals surface area contributed by atoms with Gasteiger partial charge in [-0.05, 0) is 38.8 Å². The summed E-state index contributed by atoms with van der Waals surface area (Å²) in [5.41, 5.74) is 1.41. The van der Waals surface area contributed by atoms with E-state index >= 15 is 0 Å². The minimum absolute atomic E-state index is 0.0929. The molecule has 2 N–H and O–H groups in total. The molecule has 5 heteroatoms. The van der Waals surface area contributed by atoms with Crippen LogP contribution in [0.3, 0.4) is 0 Å². The Hall–Kier alpha value is -2.04. The Labute approximate surface area is 125 Å². The topological polar surface area (TPSA) is 69.6 Å². The fourth-order valence-electron chi connectivity index (χ4n) is 2.64. The van der Waals surface area contributed by atoms with E-state index in [1.807, 2.05) is 32.0 Å². The normalized spacial score (nSPS) is 18.6. The maximum Gasteiger partial charge on any atom is 0.308 e. The van der Waals surface area contributed by atoms with Crippen LogP contribution in [0.15, 0.2) is 24.3 Å². The van der Waals surface area contributed by atoms with Crippen LogP contribution in [0.1, 0.15) is 37.0 Å². The number of carbonyl (C=O) groups excluding carboxylic acids is 1. The van der Waals surface area contributed by atoms with E-state index in [0.29, 0.717) is 25.1 Å². The molecule has 0 aliphatic carbocycles. The number of hydrogen-bond acceptors (Lipinski definition) is 3. The summed E-state index contributed by atoms with van der Waals surface area (Å²) in [5.74, 6) is -1.36. The molecule has 114 valence electrons. The number of carbonyl (C=O) groups is 2. The van der Waals surface area contributed by atoms with Gasteiger partial charge in [-0.3, -0.25) is 9.59 Å². The highest BCUT2D eigenvalue weighted by Gasteiger charge is 2.29. The fraction of sp³-hybridized carbons (Fsp3) is 0.500. The van der Waals surface area contributed by atoms with Crippen LogP contribution in [0, 0.1) is 5.92 Å². The van der Waals surface area contributed by atoms with Crippen molar-refractivity contribution in [3.63, 3.8) is 0 Å². The first-order valence-electron chi connectivity index (χ1n) is 7.36. The molecule has 1 aromatic rings. The van der Waals surface area contributed by atoms with Gasteiger partial charge in [0.25, 0.3) is 5.91 Å². The third-order valence-electron chi connectivity index (χ3n) is 3.66. The standard InChI is InChI=1S/C16H22N2O3/c1-11(2)17-14-8-4-3-7-13(14)15(19)18-9-5-6-12(10-18)16(20)21/h3-4,7-8,11-12,17H,5-6,9-10H2,1-2H3,(H,20,21). The maximum atomic E-state index is 12.7. The largest absolute Gasteiger partial charge is 0.481 e. The molecular formula is C16H22N2O3. The van der Waals surface area contributed by atoms with Crippen LogP contribution >= 0.6 is 0 Å². The Bertz CT molecular complexity index is 528. The first kappa shape index (κ1) is 15.4. The highest BCUT2D eigenvalue weighted by Crippen LogP contribution is 2.22. The van der Waals surface area contributed by atoms with Gasteiger partial charge in [0.1, 0.15) is 0 Å². The minimum Gasteiger partial charge on any atom is -0.481 e. The Morgan fingerprint density at radius 1 is 1.33 bits per heavy atom. The second-order valence-corrected chi connectivity index (χ2v) is 5.77. The van der Waals surface area contributed by atoms with Crippen LogP contribution < -0.4 is 5.32 Å². The Balaban J connectivity index is 2.18. The van der Waals surface area contributed by atoms with Gasteiger partial charge in [-0.1, -0.05) is 12.1 Å². The lowest BCUT2D eigenvalue weighted by molar-refractivity contribution is -0.143. The van der Waals surface area contributed by atoms with Gasteiger partial charge < -0.3 is 15.3 Å². The molecule has 1 atom stereocenters. The molecule has 2 rings (SSSR count). The van der Waals surface area contributed by atoms with Crippen molar-refractivity contribution >= 4 is 17.6 Å². The molecule has 1 heterocycles. The summed E-state index contributed by atoms with van der Waals surface area (Å²) in [5, 5.41) is 12.4. The second-order valence-electron chi connectivity index (χ2n) is 5.77. The van der Waals surface area contributed by atoms with E-state index in [1.54, 1.807) is 11.0 Å². The number of likely N-dealkylation sites (tertiary alicyclic amines) is 1. The first-order valence-corrected chi connectivity index (χ1v) is 7.36. The van der Waals surface area contributed by atoms with Crippen molar-refractivity contribution in [3.8, 4) is 0 Å². The van der Waals surface area contributed by atoms with Gasteiger partial charge in [-0.2, -0.15) is 0 Å². The van der Waals surface area contributed by atoms with Crippen LogP contribution in [0.4, 0.5) is 5.69 Å². The summed E-state index contributed by atoms with van der Waals surface area (Å²) in [6.07, 6.45) is 1.38. The molecular weight excluding hydrogens is 268 g/mol. The number of carboxylic acids is 1. The van der Waals surface area contributed by atoms with Gasteiger partial charge in [0.15, 0.2) is 0 Å². The summed E-state index contributed by atoms with van der Waals surface area (Å²) in [4.78, 5) is 25.4. The zero-order chi connectivity index (χ0) is 15.4. The van der Waals surface area contributed by atoms with Crippen molar-refractivity contribution in [1.82, 2.24) is 4.90 Å². The molecule has 1 amide bonds. The SMILES string of the molecule is CC(C)Nc1ccccc1C(=O)N1CCCC(C(=O)O)C1. The predicted molar refractivity (Wildman–Crippen MR) is 81.5 cm³/mol. The van der Waals surface area contributed by atoms with Gasteiger partial charge >= 0.3 is 5.97 Å². The molecule has 0 radical (unpaired) electrons. The van der Waals surface area contributed by atoms with E-state index in [1.165, 1.54) is 0 Å². The monoisotopic (exact) mass is 290 g/mol. The van der Waals surface area contributed by atoms with E-state index in [9.17, 15) is 9.59 Å². The number of nitrogens with zero attached hydrogens (tertiary/aromatic N) is 1. The van der Waals surface area contributed by atoms with Crippen molar-refractivity contribution in [2.45, 2.75) is 32.7 Å². The van der Waals surface area contributed by atoms with Crippen molar-refractivity contribution in [2.75, 3.05) is 18.4 Å². The van der Waals surface area contributed by atoms with Gasteiger partial charge in [0.2, 0.25) is 0 Å². The molecule has 1 aliphatic heterocycles. The number of para-hydroxylation sites is 1. The molecule has 1 aliphatic rings. The third-order valence-corrected chi connectivity index (χ3v) is 3.66. The number of rotatable bonds is 4. The quantitative estimate of drug-likeness (QED) is 0.893. The number of anilines is 1. The van der Waals surface area contributed by atoms with Gasteiger partial charge in [-0.15, -0.1) is 0 Å². The zero-order valence-electron chi connectivity index (χ0n) is 12.5. The predicted octanol–water partition coefficient (Wildman–Crippen LogP) is 2.44. The lowest BCUT2D eigenvalue weighted by Gasteiger charge is -2.31. The number of hydrogen-bond donors (Lipinski definition) is 2. The lowest BCUT2D eigenvalue weighted by atomic mass is 9.97. The zero-order valence-corrected chi connectivity index (χ0v) is 12.5. The van der Waals surface area contributed by atoms with Crippen LogP contribution in [-0.2, 0) is 4.79 Å². The van der Waals surface area contributed by atoms with Gasteiger partial charge in [-0.25, -0.2) is 0 Å². The number of piperidine rings is 1. The smallest absolute Gasteiger partial charge is 0.308 e. The molecule has 0 aromatic heterocycles. The minimum atomic E-state index is -0.818. The molecule has 1 fully saturated rings. The fourth-order valence-corrected chi connectivity index (χ4v) is 2.64. The van der Waals surface area contributed by atoms with E-state index in [-0.39, 0.29) is 11.9 Å². The maximum absolute atomic E-state index is 12.7. The Morgan fingerprint density at radius 3 is 2.71 bits per heavy atom. The lowest BCUT2D eigenvalue weighted by Crippen LogP contribution is -2.42. The van der Waals surface area contributed by atoms with Crippen molar-refractivity contribution in [1.29, 1.82) is 0 Å². The summed E-state index contributed by atoms with van der Waals surface area (Å²) in [6, 6.07) is 7.62. The average Bonchev–Trinajstić information content (AvgIpc) is 2.46. The number of nitrogens with one attached hydrogen (secondary N) is 1. The summed E-state index contributed by atoms with van der Waals surface area (Å²) in [7, 11) is 0. The van der Waals surface area contributed by atoms with Crippen molar-refractivity contribution in [3.05, 3.63) is 29.8 Å². The van der Waals surface area contributed by atoms with E-state index in [0.717, 1.165) is 12.1 Å². The number of aliphatic carboxylic acids is 1. The van der Waals surface area contributed by atoms with Crippen LogP contribution in [0.5, 0.6) is 0 Å². The average molecular weight is 290 g/mol. The molecule has 0 bridgehead atoms. The third kappa shape index (κ3) is 3.74. The number of benzene rings is 1. The van der Waals surface area contributed by atoms with E-state index < -0.39 is 11.9 Å². The summed E-state index contributed by atoms with van der Waals surface area (Å²) in [6.45, 7) is 4.95. The van der Waals surface area contributed by atoms with Crippen LogP contribution in [-0.4, -0.2) is 41.0 Å². The van der Waals surface area contributed by atoms with Crippen LogP contribution in [0.2, 0.25) is 0 Å². The van der Waals surface area contributed by atoms with Crippen LogP contribution in [0.25, 0.3) is 0 Å². The molecule has 1 aromatic carbocycles. The first-order chi connectivity index (χ1) is 9.99. The van der Waals surface area contributed by atoms with Gasteiger partial charge in [0, 0.05) is 24.8 Å². The molecule has 21 heavy (non-hydrogen) atoms. The molecule has 1 unspecified atom stereocenters. The van der Waals surface area contributed by atoms with E-state index in [2.05, 4.69) is 5.32 Å². The highest BCUT2D eigenvalue weighted by atomic mass is 16.4. The Kier molecular flexibility index (Phi) is 4.83.